The lowest BCUT2D eigenvalue weighted by molar-refractivity contribution is -0.140. The van der Waals surface area contributed by atoms with Gasteiger partial charge in [-0.15, -0.1) is 0 Å². The Balaban J connectivity index is 3.42. The third kappa shape index (κ3) is 15.1. The van der Waals surface area contributed by atoms with Gasteiger partial charge in [0.25, 0.3) is 0 Å². The van der Waals surface area contributed by atoms with Gasteiger partial charge in [-0.3, -0.25) is 4.79 Å². The fourth-order valence-electron chi connectivity index (χ4n) is 2.24. The predicted molar refractivity (Wildman–Crippen MR) is 92.9 cm³/mol. The molecule has 22 heavy (non-hydrogen) atoms. The number of hydrogen-bond donors (Lipinski definition) is 1. The van der Waals surface area contributed by atoms with Crippen LogP contribution in [0.1, 0.15) is 84.0 Å². The second-order valence-electron chi connectivity index (χ2n) is 5.74. The van der Waals surface area contributed by atoms with E-state index in [1.54, 1.807) is 0 Å². The highest BCUT2D eigenvalue weighted by Crippen LogP contribution is 2.11. The molecule has 0 amide bonds. The summed E-state index contributed by atoms with van der Waals surface area (Å²) in [6.45, 7) is 2.21. The van der Waals surface area contributed by atoms with Gasteiger partial charge in [0.15, 0.2) is 0 Å². The lowest BCUT2D eigenvalue weighted by Crippen LogP contribution is -1.99. The minimum Gasteiger partial charge on any atom is -0.513 e. The average Bonchev–Trinajstić information content (AvgIpc) is 2.52. The van der Waals surface area contributed by atoms with Gasteiger partial charge in [-0.05, 0) is 38.2 Å². The summed E-state index contributed by atoms with van der Waals surface area (Å²) in [7, 11) is 1.43. The first kappa shape index (κ1) is 20.8. The van der Waals surface area contributed by atoms with Crippen LogP contribution in [0.5, 0.6) is 0 Å². The molecule has 0 atom stereocenters. The summed E-state index contributed by atoms with van der Waals surface area (Å²) in [6.07, 6.45) is 18.5. The van der Waals surface area contributed by atoms with Gasteiger partial charge in [-0.1, -0.05) is 51.2 Å². The summed E-state index contributed by atoms with van der Waals surface area (Å²) in [6, 6.07) is 0. The van der Waals surface area contributed by atoms with Gasteiger partial charge < -0.3 is 9.84 Å². The number of carbonyl (C=O) groups excluding carboxylic acids is 1. The summed E-state index contributed by atoms with van der Waals surface area (Å²) in [5.74, 6) is 0.385. The Bertz CT molecular complexity index is 319. The number of aliphatic hydroxyl groups is 1. The van der Waals surface area contributed by atoms with Gasteiger partial charge in [0.1, 0.15) is 0 Å². The maximum atomic E-state index is 10.9. The Labute approximate surface area is 136 Å². The molecule has 0 heterocycles. The van der Waals surface area contributed by atoms with Crippen molar-refractivity contribution in [1.29, 1.82) is 0 Å². The molecule has 1 N–H and O–H groups in total. The van der Waals surface area contributed by atoms with Crippen molar-refractivity contribution < 1.29 is 14.6 Å². The summed E-state index contributed by atoms with van der Waals surface area (Å²) in [5, 5.41) is 9.76. The molecular formula is C19H34O3. The molecule has 0 aliphatic heterocycles. The monoisotopic (exact) mass is 310 g/mol. The van der Waals surface area contributed by atoms with E-state index in [9.17, 15) is 9.90 Å². The van der Waals surface area contributed by atoms with Gasteiger partial charge in [0, 0.05) is 12.8 Å². The second-order valence-corrected chi connectivity index (χ2v) is 5.74. The van der Waals surface area contributed by atoms with Crippen LogP contribution in [0.15, 0.2) is 24.0 Å². The molecule has 0 bridgehead atoms. The van der Waals surface area contributed by atoms with E-state index in [0.29, 0.717) is 12.2 Å². The van der Waals surface area contributed by atoms with Gasteiger partial charge in [-0.25, -0.2) is 0 Å². The Hall–Kier alpha value is -1.25. The Kier molecular flexibility index (Phi) is 15.2. The minimum absolute atomic E-state index is 0.122. The van der Waals surface area contributed by atoms with Crippen molar-refractivity contribution in [3.05, 3.63) is 24.0 Å². The van der Waals surface area contributed by atoms with Crippen LogP contribution in [-0.4, -0.2) is 18.2 Å². The van der Waals surface area contributed by atoms with Crippen molar-refractivity contribution in [2.75, 3.05) is 7.11 Å². The smallest absolute Gasteiger partial charge is 0.305 e. The highest BCUT2D eigenvalue weighted by Gasteiger charge is 1.99. The molecule has 0 aromatic heterocycles. The van der Waals surface area contributed by atoms with Crippen LogP contribution in [0.25, 0.3) is 0 Å². The quantitative estimate of drug-likeness (QED) is 0.189. The van der Waals surface area contributed by atoms with Crippen LogP contribution in [0.3, 0.4) is 0 Å². The lowest BCUT2D eigenvalue weighted by atomic mass is 10.1. The summed E-state index contributed by atoms with van der Waals surface area (Å²) < 4.78 is 4.60. The van der Waals surface area contributed by atoms with Crippen molar-refractivity contribution >= 4 is 5.97 Å². The zero-order valence-corrected chi connectivity index (χ0v) is 14.5. The molecule has 0 rings (SSSR count). The molecule has 0 radical (unpaired) electrons. The normalized spacial score (nSPS) is 12.0. The summed E-state index contributed by atoms with van der Waals surface area (Å²) >= 11 is 0. The van der Waals surface area contributed by atoms with Crippen molar-refractivity contribution in [3.63, 3.8) is 0 Å². The first-order valence-electron chi connectivity index (χ1n) is 8.80. The molecule has 0 saturated carbocycles. The SMILES string of the molecule is CCCCC/C=C/C/C=C(/O)CCCCCCCC(=O)OC. The molecule has 0 aliphatic carbocycles. The highest BCUT2D eigenvalue weighted by molar-refractivity contribution is 5.68. The molecule has 0 unspecified atom stereocenters. The minimum atomic E-state index is -0.122. The van der Waals surface area contributed by atoms with Crippen LogP contribution in [-0.2, 0) is 9.53 Å². The van der Waals surface area contributed by atoms with Crippen LogP contribution in [0.2, 0.25) is 0 Å². The zero-order chi connectivity index (χ0) is 16.5. The second kappa shape index (κ2) is 16.1. The Morgan fingerprint density at radius 1 is 0.955 bits per heavy atom. The number of allylic oxidation sites excluding steroid dienone is 4. The number of ether oxygens (including phenoxy) is 1. The van der Waals surface area contributed by atoms with Gasteiger partial charge in [-0.2, -0.15) is 0 Å². The number of hydrogen-bond acceptors (Lipinski definition) is 3. The fourth-order valence-corrected chi connectivity index (χ4v) is 2.24. The van der Waals surface area contributed by atoms with Crippen LogP contribution in [0.4, 0.5) is 0 Å². The van der Waals surface area contributed by atoms with Crippen molar-refractivity contribution in [1.82, 2.24) is 0 Å². The van der Waals surface area contributed by atoms with E-state index in [2.05, 4.69) is 23.8 Å². The number of unbranched alkanes of at least 4 members (excludes halogenated alkanes) is 7. The number of esters is 1. The summed E-state index contributed by atoms with van der Waals surface area (Å²) in [5.41, 5.74) is 0. The third-order valence-corrected chi connectivity index (χ3v) is 3.67. The predicted octanol–water partition coefficient (Wildman–Crippen LogP) is 5.86. The van der Waals surface area contributed by atoms with E-state index >= 15 is 0 Å². The highest BCUT2D eigenvalue weighted by atomic mass is 16.5. The topological polar surface area (TPSA) is 46.5 Å². The Morgan fingerprint density at radius 2 is 1.64 bits per heavy atom. The molecule has 0 saturated heterocycles. The molecule has 0 aliphatic rings. The van der Waals surface area contributed by atoms with E-state index in [1.807, 2.05) is 6.08 Å². The van der Waals surface area contributed by atoms with Crippen LogP contribution >= 0.6 is 0 Å². The van der Waals surface area contributed by atoms with Crippen LogP contribution < -0.4 is 0 Å². The molecule has 3 nitrogen and oxygen atoms in total. The van der Waals surface area contributed by atoms with E-state index in [0.717, 1.165) is 51.4 Å². The largest absolute Gasteiger partial charge is 0.513 e. The molecule has 0 aromatic carbocycles. The molecule has 0 aromatic rings. The van der Waals surface area contributed by atoms with E-state index < -0.39 is 0 Å². The molecule has 3 heteroatoms. The summed E-state index contributed by atoms with van der Waals surface area (Å²) in [4.78, 5) is 10.9. The van der Waals surface area contributed by atoms with E-state index in [1.165, 1.54) is 26.4 Å². The maximum absolute atomic E-state index is 10.9. The molecule has 0 fully saturated rings. The van der Waals surface area contributed by atoms with E-state index in [4.69, 9.17) is 0 Å². The fraction of sp³-hybridized carbons (Fsp3) is 0.737. The molecular weight excluding hydrogens is 276 g/mol. The number of rotatable bonds is 14. The average molecular weight is 310 g/mol. The first-order valence-corrected chi connectivity index (χ1v) is 8.80. The van der Waals surface area contributed by atoms with Crippen molar-refractivity contribution in [3.8, 4) is 0 Å². The van der Waals surface area contributed by atoms with Crippen molar-refractivity contribution in [2.45, 2.75) is 84.0 Å². The van der Waals surface area contributed by atoms with Gasteiger partial charge in [0.05, 0.1) is 12.9 Å². The van der Waals surface area contributed by atoms with Gasteiger partial charge >= 0.3 is 5.97 Å². The third-order valence-electron chi connectivity index (χ3n) is 3.67. The molecule has 128 valence electrons. The maximum Gasteiger partial charge on any atom is 0.305 e. The lowest BCUT2D eigenvalue weighted by Gasteiger charge is -2.02. The first-order chi connectivity index (χ1) is 10.7. The molecule has 0 spiro atoms. The number of methoxy groups -OCH3 is 1. The van der Waals surface area contributed by atoms with Crippen molar-refractivity contribution in [2.24, 2.45) is 0 Å². The van der Waals surface area contributed by atoms with Crippen LogP contribution in [0, 0.1) is 0 Å². The van der Waals surface area contributed by atoms with Gasteiger partial charge in [0.2, 0.25) is 0 Å². The standard InChI is InChI=1S/C19H34O3/c1-3-4-5-6-7-9-12-15-18(20)16-13-10-8-11-14-17-19(21)22-2/h7,9,15,20H,3-6,8,10-14,16-17H2,1-2H3/b9-7+,18-15+. The zero-order valence-electron chi connectivity index (χ0n) is 14.5. The Morgan fingerprint density at radius 3 is 2.32 bits per heavy atom. The number of carbonyl (C=O) groups is 1. The van der Waals surface area contributed by atoms with E-state index in [-0.39, 0.29) is 5.97 Å². The number of aliphatic hydroxyl groups excluding tert-OH is 1.